The highest BCUT2D eigenvalue weighted by molar-refractivity contribution is 7.15. The van der Waals surface area contributed by atoms with Crippen molar-refractivity contribution in [1.29, 1.82) is 0 Å². The molecule has 2 aromatic heterocycles. The van der Waals surface area contributed by atoms with E-state index >= 15 is 0 Å². The molecule has 0 fully saturated rings. The number of hydrogen-bond donors (Lipinski definition) is 1. The topological polar surface area (TPSA) is 75.4 Å². The Hall–Kier alpha value is -5.01. The van der Waals surface area contributed by atoms with Gasteiger partial charge in [0.2, 0.25) is 0 Å². The molecule has 214 valence electrons. The van der Waals surface area contributed by atoms with Crippen molar-refractivity contribution in [3.05, 3.63) is 149 Å². The summed E-state index contributed by atoms with van der Waals surface area (Å²) < 4.78 is 5.51. The number of aryl methyl sites for hydroxylation is 1. The molecule has 6 aromatic rings. The van der Waals surface area contributed by atoms with Gasteiger partial charge in [0.15, 0.2) is 0 Å². The van der Waals surface area contributed by atoms with Crippen molar-refractivity contribution in [3.63, 3.8) is 0 Å². The van der Waals surface area contributed by atoms with Crippen molar-refractivity contribution in [2.75, 3.05) is 6.54 Å². The van der Waals surface area contributed by atoms with E-state index in [1.54, 1.807) is 18.4 Å². The van der Waals surface area contributed by atoms with Gasteiger partial charge in [0.25, 0.3) is 11.8 Å². The van der Waals surface area contributed by atoms with Crippen LogP contribution in [0.25, 0.3) is 21.4 Å². The molecule has 0 bridgehead atoms. The molecule has 0 unspecified atom stereocenters. The first kappa shape index (κ1) is 28.1. The Balaban J connectivity index is 1.37. The summed E-state index contributed by atoms with van der Waals surface area (Å²) in [5, 5.41) is 4.71. The van der Waals surface area contributed by atoms with Crippen LogP contribution in [0.1, 0.15) is 37.0 Å². The lowest BCUT2D eigenvalue weighted by Gasteiger charge is -2.32. The summed E-state index contributed by atoms with van der Waals surface area (Å²) in [5.41, 5.74) is 4.64. The predicted molar refractivity (Wildman–Crippen MR) is 171 cm³/mol. The number of fused-ring (bicyclic) bond motifs is 1. The first-order valence-electron chi connectivity index (χ1n) is 14.2. The third-order valence-electron chi connectivity index (χ3n) is 7.42. The lowest BCUT2D eigenvalue weighted by atomic mass is 10.0. The lowest BCUT2D eigenvalue weighted by Crippen LogP contribution is -2.48. The number of nitrogens with zero attached hydrogens (tertiary/aromatic N) is 2. The average molecular weight is 586 g/mol. The van der Waals surface area contributed by atoms with Gasteiger partial charge >= 0.3 is 0 Å². The molecular formula is C36H31N3O3S. The van der Waals surface area contributed by atoms with E-state index in [2.05, 4.69) is 17.4 Å². The molecule has 43 heavy (non-hydrogen) atoms. The Morgan fingerprint density at radius 3 is 2.23 bits per heavy atom. The summed E-state index contributed by atoms with van der Waals surface area (Å²) in [5.74, 6) is -0.383. The summed E-state index contributed by atoms with van der Waals surface area (Å²) in [7, 11) is 0. The molecule has 0 aliphatic heterocycles. The number of thiazole rings is 1. The van der Waals surface area contributed by atoms with E-state index < -0.39 is 0 Å². The summed E-state index contributed by atoms with van der Waals surface area (Å²) in [6.07, 6.45) is 2.14. The van der Waals surface area contributed by atoms with Crippen LogP contribution in [0, 0.1) is 6.92 Å². The van der Waals surface area contributed by atoms with Crippen molar-refractivity contribution in [1.82, 2.24) is 15.2 Å². The molecule has 0 aliphatic carbocycles. The van der Waals surface area contributed by atoms with Gasteiger partial charge in [0.1, 0.15) is 11.3 Å². The van der Waals surface area contributed by atoms with Crippen molar-refractivity contribution in [2.45, 2.75) is 25.9 Å². The number of aromatic nitrogens is 1. The highest BCUT2D eigenvalue weighted by Crippen LogP contribution is 2.32. The molecule has 2 heterocycles. The monoisotopic (exact) mass is 585 g/mol. The van der Waals surface area contributed by atoms with E-state index in [1.165, 1.54) is 11.3 Å². The Labute approximate surface area is 254 Å². The van der Waals surface area contributed by atoms with Crippen LogP contribution in [0.2, 0.25) is 0 Å². The van der Waals surface area contributed by atoms with Crippen LogP contribution in [0.15, 0.2) is 126 Å². The van der Waals surface area contributed by atoms with Crippen LogP contribution in [-0.2, 0) is 13.0 Å². The molecule has 0 saturated heterocycles. The largest absolute Gasteiger partial charge is 0.464 e. The maximum Gasteiger partial charge on any atom is 0.274 e. The molecule has 2 amide bonds. The number of benzene rings is 4. The van der Waals surface area contributed by atoms with Crippen LogP contribution in [0.5, 0.6) is 0 Å². The zero-order chi connectivity index (χ0) is 29.6. The van der Waals surface area contributed by atoms with Crippen LogP contribution in [0.4, 0.5) is 0 Å². The number of hydrogen-bond acceptors (Lipinski definition) is 5. The predicted octanol–water partition coefficient (Wildman–Crippen LogP) is 7.55. The SMILES string of the molecule is Cc1nc(C(=O)N(Cc2ccccc2)[C@@H](CNC(=O)c2cccc3occc23)Cc2ccccc2)c(-c2ccccc2)s1. The van der Waals surface area contributed by atoms with E-state index in [1.807, 2.05) is 103 Å². The van der Waals surface area contributed by atoms with Crippen molar-refractivity contribution < 1.29 is 14.0 Å². The fraction of sp³-hybridized carbons (Fsp3) is 0.139. The highest BCUT2D eigenvalue weighted by Gasteiger charge is 2.30. The summed E-state index contributed by atoms with van der Waals surface area (Å²) in [4.78, 5) is 35.5. The zero-order valence-corrected chi connectivity index (χ0v) is 24.6. The first-order chi connectivity index (χ1) is 21.1. The molecule has 0 aliphatic rings. The number of furan rings is 1. The molecule has 0 radical (unpaired) electrons. The van der Waals surface area contributed by atoms with Gasteiger partial charge in [-0.2, -0.15) is 0 Å². The lowest BCUT2D eigenvalue weighted by molar-refractivity contribution is 0.0643. The van der Waals surface area contributed by atoms with Crippen LogP contribution < -0.4 is 5.32 Å². The molecule has 1 N–H and O–H groups in total. The minimum Gasteiger partial charge on any atom is -0.464 e. The second-order valence-corrected chi connectivity index (χ2v) is 11.6. The molecule has 0 spiro atoms. The van der Waals surface area contributed by atoms with Crippen LogP contribution in [-0.4, -0.2) is 34.3 Å². The highest BCUT2D eigenvalue weighted by atomic mass is 32.1. The Morgan fingerprint density at radius 1 is 0.837 bits per heavy atom. The van der Waals surface area contributed by atoms with Crippen molar-refractivity contribution in [2.24, 2.45) is 0 Å². The maximum absolute atomic E-state index is 14.6. The first-order valence-corrected chi connectivity index (χ1v) is 15.0. The second-order valence-electron chi connectivity index (χ2n) is 10.4. The Morgan fingerprint density at radius 2 is 1.51 bits per heavy atom. The third kappa shape index (κ3) is 6.42. The molecule has 1 atom stereocenters. The van der Waals surface area contributed by atoms with Gasteiger partial charge < -0.3 is 14.6 Å². The quantitative estimate of drug-likeness (QED) is 0.180. The number of amides is 2. The molecule has 7 heteroatoms. The smallest absolute Gasteiger partial charge is 0.274 e. The van der Waals surface area contributed by atoms with E-state index in [9.17, 15) is 9.59 Å². The van der Waals surface area contributed by atoms with E-state index in [4.69, 9.17) is 9.40 Å². The van der Waals surface area contributed by atoms with Gasteiger partial charge in [-0.15, -0.1) is 11.3 Å². The fourth-order valence-electron chi connectivity index (χ4n) is 5.32. The fourth-order valence-corrected chi connectivity index (χ4v) is 6.23. The number of carbonyl (C=O) groups is 2. The van der Waals surface area contributed by atoms with Gasteiger partial charge in [-0.05, 0) is 48.2 Å². The zero-order valence-electron chi connectivity index (χ0n) is 23.8. The number of rotatable bonds is 10. The van der Waals surface area contributed by atoms with E-state index in [-0.39, 0.29) is 24.4 Å². The maximum atomic E-state index is 14.6. The van der Waals surface area contributed by atoms with Gasteiger partial charge in [0.05, 0.1) is 27.8 Å². The van der Waals surface area contributed by atoms with Gasteiger partial charge in [-0.25, -0.2) is 4.98 Å². The standard InChI is InChI=1S/C36H31N3O3S/c1-25-38-33(34(43-25)28-16-9-4-10-17-28)36(41)39(24-27-14-7-3-8-15-27)29(22-26-12-5-2-6-13-26)23-37-35(40)31-18-11-19-32-30(31)20-21-42-32/h2-21,29H,22-24H2,1H3,(H,37,40)/t29-/m1/s1. The summed E-state index contributed by atoms with van der Waals surface area (Å²) in [6.45, 7) is 2.55. The van der Waals surface area contributed by atoms with Crippen molar-refractivity contribution in [3.8, 4) is 10.4 Å². The van der Waals surface area contributed by atoms with Gasteiger partial charge in [0, 0.05) is 18.5 Å². The number of carbonyl (C=O) groups excluding carboxylic acids is 2. The minimum atomic E-state index is -0.353. The second kappa shape index (κ2) is 12.9. The normalized spacial score (nSPS) is 11.7. The summed E-state index contributed by atoms with van der Waals surface area (Å²) in [6, 6.07) is 36.8. The molecule has 6 rings (SSSR count). The van der Waals surface area contributed by atoms with Crippen molar-refractivity contribution >= 4 is 34.1 Å². The molecule has 0 saturated carbocycles. The van der Waals surface area contributed by atoms with Gasteiger partial charge in [-0.1, -0.05) is 97.1 Å². The van der Waals surface area contributed by atoms with E-state index in [0.29, 0.717) is 29.8 Å². The molecule has 6 nitrogen and oxygen atoms in total. The van der Waals surface area contributed by atoms with Crippen LogP contribution in [0.3, 0.4) is 0 Å². The van der Waals surface area contributed by atoms with Crippen LogP contribution >= 0.6 is 11.3 Å². The van der Waals surface area contributed by atoms with Gasteiger partial charge in [-0.3, -0.25) is 9.59 Å². The third-order valence-corrected chi connectivity index (χ3v) is 8.44. The molecular weight excluding hydrogens is 554 g/mol. The average Bonchev–Trinajstić information content (AvgIpc) is 3.70. The number of nitrogens with one attached hydrogen (secondary N) is 1. The summed E-state index contributed by atoms with van der Waals surface area (Å²) >= 11 is 1.52. The molecule has 4 aromatic carbocycles. The van der Waals surface area contributed by atoms with E-state index in [0.717, 1.165) is 32.0 Å². The Kier molecular flexibility index (Phi) is 8.42. The minimum absolute atomic E-state index is 0.167. The Bertz CT molecular complexity index is 1830.